The first-order chi connectivity index (χ1) is 10.2. The molecule has 0 bridgehead atoms. The van der Waals surface area contributed by atoms with Crippen LogP contribution in [0.25, 0.3) is 0 Å². The summed E-state index contributed by atoms with van der Waals surface area (Å²) >= 11 is 1.77. The zero-order valence-electron chi connectivity index (χ0n) is 12.0. The lowest BCUT2D eigenvalue weighted by Gasteiger charge is -2.18. The quantitative estimate of drug-likeness (QED) is 0.673. The highest BCUT2D eigenvalue weighted by atomic mass is 32.1. The van der Waals surface area contributed by atoms with Gasteiger partial charge < -0.3 is 4.74 Å². The maximum Gasteiger partial charge on any atom is 0.124 e. The van der Waals surface area contributed by atoms with E-state index in [4.69, 9.17) is 10.6 Å². The maximum absolute atomic E-state index is 13.6. The van der Waals surface area contributed by atoms with Crippen molar-refractivity contribution in [2.75, 3.05) is 7.11 Å². The van der Waals surface area contributed by atoms with Crippen molar-refractivity contribution in [1.82, 2.24) is 5.43 Å². The second kappa shape index (κ2) is 6.13. The monoisotopic (exact) mass is 306 g/mol. The first-order valence-electron chi connectivity index (χ1n) is 7.14. The molecule has 0 aliphatic heterocycles. The highest BCUT2D eigenvalue weighted by molar-refractivity contribution is 7.12. The van der Waals surface area contributed by atoms with Crippen LogP contribution < -0.4 is 16.0 Å². The Balaban J connectivity index is 2.02. The number of ether oxygens (including phenoxy) is 1. The summed E-state index contributed by atoms with van der Waals surface area (Å²) in [6.45, 7) is 0. The molecule has 0 amide bonds. The van der Waals surface area contributed by atoms with Crippen LogP contribution in [0.1, 0.15) is 39.8 Å². The third-order valence-corrected chi connectivity index (χ3v) is 5.27. The molecule has 0 fully saturated rings. The first-order valence-corrected chi connectivity index (χ1v) is 7.95. The minimum atomic E-state index is -0.285. The van der Waals surface area contributed by atoms with Crippen molar-refractivity contribution in [1.29, 1.82) is 0 Å². The van der Waals surface area contributed by atoms with E-state index in [1.807, 2.05) is 0 Å². The van der Waals surface area contributed by atoms with Crippen molar-refractivity contribution in [2.45, 2.75) is 31.7 Å². The van der Waals surface area contributed by atoms with E-state index in [1.165, 1.54) is 35.4 Å². The fraction of sp³-hybridized carbons (Fsp3) is 0.375. The Morgan fingerprint density at radius 2 is 2.10 bits per heavy atom. The number of methoxy groups -OCH3 is 1. The molecule has 1 aliphatic carbocycles. The van der Waals surface area contributed by atoms with Gasteiger partial charge in [0, 0.05) is 15.3 Å². The number of halogens is 1. The predicted molar refractivity (Wildman–Crippen MR) is 83.1 cm³/mol. The van der Waals surface area contributed by atoms with Gasteiger partial charge in [0.05, 0.1) is 13.2 Å². The molecule has 5 heteroatoms. The average Bonchev–Trinajstić information content (AvgIpc) is 2.92. The zero-order valence-corrected chi connectivity index (χ0v) is 12.8. The van der Waals surface area contributed by atoms with E-state index in [1.54, 1.807) is 24.5 Å². The van der Waals surface area contributed by atoms with Crippen molar-refractivity contribution >= 4 is 11.3 Å². The Labute approximate surface area is 127 Å². The van der Waals surface area contributed by atoms with Gasteiger partial charge in [0.1, 0.15) is 11.6 Å². The number of fused-ring (bicyclic) bond motifs is 1. The minimum Gasteiger partial charge on any atom is -0.496 e. The van der Waals surface area contributed by atoms with Crippen LogP contribution in [0.15, 0.2) is 24.3 Å². The molecule has 0 spiro atoms. The molecule has 0 saturated heterocycles. The topological polar surface area (TPSA) is 47.3 Å². The molecule has 21 heavy (non-hydrogen) atoms. The van der Waals surface area contributed by atoms with Gasteiger partial charge in [-0.3, -0.25) is 5.84 Å². The zero-order chi connectivity index (χ0) is 14.8. The van der Waals surface area contributed by atoms with Gasteiger partial charge in [-0.15, -0.1) is 11.3 Å². The third-order valence-electron chi connectivity index (χ3n) is 3.97. The lowest BCUT2D eigenvalue weighted by molar-refractivity contribution is 0.403. The lowest BCUT2D eigenvalue weighted by atomic mass is 9.97. The summed E-state index contributed by atoms with van der Waals surface area (Å²) in [6, 6.07) is 6.49. The molecule has 1 heterocycles. The smallest absolute Gasteiger partial charge is 0.124 e. The highest BCUT2D eigenvalue weighted by Gasteiger charge is 2.22. The third kappa shape index (κ3) is 2.81. The number of nitrogens with one attached hydrogen (secondary N) is 1. The lowest BCUT2D eigenvalue weighted by Crippen LogP contribution is -2.28. The molecule has 1 aromatic carbocycles. The molecule has 2 aromatic rings. The van der Waals surface area contributed by atoms with E-state index in [0.717, 1.165) is 23.3 Å². The first kappa shape index (κ1) is 14.5. The number of hydrazine groups is 1. The summed E-state index contributed by atoms with van der Waals surface area (Å²) in [7, 11) is 1.59. The van der Waals surface area contributed by atoms with E-state index in [0.29, 0.717) is 5.75 Å². The molecule has 1 aromatic heterocycles. The Morgan fingerprint density at radius 3 is 2.81 bits per heavy atom. The minimum absolute atomic E-state index is 0.244. The summed E-state index contributed by atoms with van der Waals surface area (Å²) in [5.74, 6) is 6.11. The van der Waals surface area contributed by atoms with E-state index < -0.39 is 0 Å². The van der Waals surface area contributed by atoms with Crippen LogP contribution in [0.5, 0.6) is 5.75 Å². The number of thiophene rings is 1. The fourth-order valence-corrected chi connectivity index (χ4v) is 4.25. The van der Waals surface area contributed by atoms with Crippen molar-refractivity contribution in [2.24, 2.45) is 5.84 Å². The van der Waals surface area contributed by atoms with Gasteiger partial charge in [0.25, 0.3) is 0 Å². The average molecular weight is 306 g/mol. The molecule has 1 atom stereocenters. The van der Waals surface area contributed by atoms with Gasteiger partial charge in [-0.25, -0.2) is 9.82 Å². The molecule has 3 rings (SSSR count). The van der Waals surface area contributed by atoms with Gasteiger partial charge >= 0.3 is 0 Å². The van der Waals surface area contributed by atoms with Crippen LogP contribution >= 0.6 is 11.3 Å². The van der Waals surface area contributed by atoms with Crippen LogP contribution in [-0.4, -0.2) is 7.11 Å². The summed E-state index contributed by atoms with van der Waals surface area (Å²) in [5, 5.41) is 0. The second-order valence-corrected chi connectivity index (χ2v) is 6.46. The number of hydrogen-bond donors (Lipinski definition) is 2. The predicted octanol–water partition coefficient (Wildman–Crippen LogP) is 3.33. The molecule has 1 aliphatic rings. The Morgan fingerprint density at radius 1 is 1.29 bits per heavy atom. The largest absolute Gasteiger partial charge is 0.496 e. The Kier molecular flexibility index (Phi) is 4.24. The fourth-order valence-electron chi connectivity index (χ4n) is 2.91. The number of hydrogen-bond acceptors (Lipinski definition) is 4. The van der Waals surface area contributed by atoms with Crippen molar-refractivity contribution in [3.05, 3.63) is 51.0 Å². The summed E-state index contributed by atoms with van der Waals surface area (Å²) in [5.41, 5.74) is 4.96. The van der Waals surface area contributed by atoms with E-state index in [9.17, 15) is 4.39 Å². The number of nitrogens with two attached hydrogens (primary N) is 1. The van der Waals surface area contributed by atoms with E-state index >= 15 is 0 Å². The van der Waals surface area contributed by atoms with Crippen LogP contribution in [0.3, 0.4) is 0 Å². The van der Waals surface area contributed by atoms with Crippen LogP contribution in [-0.2, 0) is 12.8 Å². The SMILES string of the molecule is COc1ccc(F)cc1C(NN)c1cc2c(s1)CCCC2. The number of rotatable bonds is 4. The van der Waals surface area contributed by atoms with Gasteiger partial charge in [0.15, 0.2) is 0 Å². The molecule has 3 nitrogen and oxygen atoms in total. The Bertz CT molecular complexity index is 618. The Hall–Kier alpha value is -1.43. The summed E-state index contributed by atoms with van der Waals surface area (Å²) in [4.78, 5) is 2.56. The van der Waals surface area contributed by atoms with Crippen LogP contribution in [0, 0.1) is 5.82 Å². The maximum atomic E-state index is 13.6. The summed E-state index contributed by atoms with van der Waals surface area (Å²) < 4.78 is 19.0. The van der Waals surface area contributed by atoms with Gasteiger partial charge in [0.2, 0.25) is 0 Å². The normalized spacial score (nSPS) is 15.6. The van der Waals surface area contributed by atoms with E-state index in [-0.39, 0.29) is 11.9 Å². The van der Waals surface area contributed by atoms with E-state index in [2.05, 4.69) is 11.5 Å². The summed E-state index contributed by atoms with van der Waals surface area (Å²) in [6.07, 6.45) is 4.76. The van der Waals surface area contributed by atoms with Gasteiger partial charge in [-0.1, -0.05) is 0 Å². The molecular formula is C16H19FN2OS. The van der Waals surface area contributed by atoms with Crippen LogP contribution in [0.2, 0.25) is 0 Å². The second-order valence-electron chi connectivity index (χ2n) is 5.29. The van der Waals surface area contributed by atoms with Crippen LogP contribution in [0.4, 0.5) is 4.39 Å². The van der Waals surface area contributed by atoms with Crippen molar-refractivity contribution < 1.29 is 9.13 Å². The molecule has 0 saturated carbocycles. The molecule has 1 unspecified atom stereocenters. The van der Waals surface area contributed by atoms with Crippen molar-refractivity contribution in [3.8, 4) is 5.75 Å². The standard InChI is InChI=1S/C16H19FN2OS/c1-20-13-7-6-11(17)9-12(13)16(19-18)15-8-10-4-2-3-5-14(10)21-15/h6-9,16,19H,2-5,18H2,1H3. The highest BCUT2D eigenvalue weighted by Crippen LogP contribution is 2.37. The molecular weight excluding hydrogens is 287 g/mol. The molecule has 3 N–H and O–H groups in total. The molecule has 0 radical (unpaired) electrons. The molecule has 112 valence electrons. The van der Waals surface area contributed by atoms with Gasteiger partial charge in [-0.2, -0.15) is 0 Å². The number of aryl methyl sites for hydroxylation is 2. The number of benzene rings is 1. The van der Waals surface area contributed by atoms with Crippen molar-refractivity contribution in [3.63, 3.8) is 0 Å². The van der Waals surface area contributed by atoms with Gasteiger partial charge in [-0.05, 0) is 55.5 Å².